The maximum Gasteiger partial charge on any atom is 2.00 e. The molecule has 0 saturated carbocycles. The minimum absolute atomic E-state index is 0. The van der Waals surface area contributed by atoms with Gasteiger partial charge in [0.2, 0.25) is 0 Å². The molecule has 23 heavy (non-hydrogen) atoms. The van der Waals surface area contributed by atoms with Crippen LogP contribution in [0.25, 0.3) is 0 Å². The Morgan fingerprint density at radius 1 is 0.652 bits per heavy atom. The molecule has 0 fully saturated rings. The van der Waals surface area contributed by atoms with Crippen molar-refractivity contribution >= 4 is 45.5 Å². The van der Waals surface area contributed by atoms with Crippen LogP contribution >= 0.6 is 25.3 Å². The Labute approximate surface area is 158 Å². The van der Waals surface area contributed by atoms with Gasteiger partial charge in [-0.15, -0.1) is 25.3 Å². The van der Waals surface area contributed by atoms with Crippen molar-refractivity contribution < 1.29 is 45.4 Å². The monoisotopic (exact) mass is 442 g/mol. The van der Waals surface area contributed by atoms with E-state index in [9.17, 15) is 25.9 Å². The molecule has 0 heterocycles. The summed E-state index contributed by atoms with van der Waals surface area (Å²) in [5.74, 6) is 0. The summed E-state index contributed by atoms with van der Waals surface area (Å²) in [4.78, 5) is -0.184. The molecular formula is C12H10O6S4Zn. The fourth-order valence-corrected chi connectivity index (χ4v) is 3.47. The van der Waals surface area contributed by atoms with Crippen LogP contribution in [0, 0.1) is 0 Å². The van der Waals surface area contributed by atoms with Crippen molar-refractivity contribution in [2.24, 2.45) is 0 Å². The number of thiol groups is 2. The van der Waals surface area contributed by atoms with Crippen molar-refractivity contribution in [1.82, 2.24) is 0 Å². The van der Waals surface area contributed by atoms with Gasteiger partial charge in [0.15, 0.2) is 0 Å². The molecule has 120 valence electrons. The molecule has 0 unspecified atom stereocenters. The summed E-state index contributed by atoms with van der Waals surface area (Å²) in [6.07, 6.45) is 0. The molecule has 11 heteroatoms. The van der Waals surface area contributed by atoms with Crippen LogP contribution in [-0.2, 0) is 39.7 Å². The maximum absolute atomic E-state index is 10.4. The first-order chi connectivity index (χ1) is 10.0. The topological polar surface area (TPSA) is 114 Å². The third-order valence-electron chi connectivity index (χ3n) is 2.27. The average Bonchev–Trinajstić information content (AvgIpc) is 2.37. The predicted octanol–water partition coefficient (Wildman–Crippen LogP) is 1.76. The summed E-state index contributed by atoms with van der Waals surface area (Å²) in [6, 6.07) is 11.5. The fourth-order valence-electron chi connectivity index (χ4n) is 1.34. The van der Waals surface area contributed by atoms with E-state index in [2.05, 4.69) is 25.3 Å². The quantitative estimate of drug-likeness (QED) is 0.415. The van der Waals surface area contributed by atoms with Gasteiger partial charge in [0.1, 0.15) is 20.2 Å². The van der Waals surface area contributed by atoms with Gasteiger partial charge in [-0.05, 0) is 24.3 Å². The van der Waals surface area contributed by atoms with Gasteiger partial charge in [0.25, 0.3) is 0 Å². The summed E-state index contributed by atoms with van der Waals surface area (Å²) < 4.78 is 62.7. The molecule has 0 aliphatic rings. The van der Waals surface area contributed by atoms with Crippen molar-refractivity contribution in [3.8, 4) is 0 Å². The minimum Gasteiger partial charge on any atom is -0.744 e. The molecule has 0 spiro atoms. The van der Waals surface area contributed by atoms with E-state index in [0.717, 1.165) is 0 Å². The molecule has 0 aliphatic carbocycles. The molecule has 0 saturated heterocycles. The number of benzene rings is 2. The van der Waals surface area contributed by atoms with Gasteiger partial charge in [0.05, 0.1) is 9.79 Å². The summed E-state index contributed by atoms with van der Waals surface area (Å²) in [6.45, 7) is 0. The van der Waals surface area contributed by atoms with E-state index in [1.165, 1.54) is 36.4 Å². The Balaban J connectivity index is 0.000000403. The fraction of sp³-hybridized carbons (Fsp3) is 0. The van der Waals surface area contributed by atoms with Crippen LogP contribution in [0.4, 0.5) is 0 Å². The number of rotatable bonds is 2. The van der Waals surface area contributed by atoms with Crippen LogP contribution < -0.4 is 0 Å². The van der Waals surface area contributed by atoms with E-state index in [0.29, 0.717) is 0 Å². The Bertz CT molecular complexity index is 791. The smallest absolute Gasteiger partial charge is 0.744 e. The van der Waals surface area contributed by atoms with E-state index in [-0.39, 0.29) is 39.1 Å². The molecule has 6 nitrogen and oxygen atoms in total. The molecule has 0 N–H and O–H groups in total. The Hall–Kier alpha value is -0.417. The van der Waals surface area contributed by atoms with Crippen LogP contribution in [0.1, 0.15) is 0 Å². The first-order valence-electron chi connectivity index (χ1n) is 5.51. The van der Waals surface area contributed by atoms with Crippen molar-refractivity contribution in [3.05, 3.63) is 48.5 Å². The van der Waals surface area contributed by atoms with Crippen LogP contribution in [0.5, 0.6) is 0 Å². The Morgan fingerprint density at radius 3 is 1.09 bits per heavy atom. The number of hydrogen-bond donors (Lipinski definition) is 2. The van der Waals surface area contributed by atoms with Crippen molar-refractivity contribution in [3.63, 3.8) is 0 Å². The van der Waals surface area contributed by atoms with Crippen molar-refractivity contribution in [2.45, 2.75) is 19.6 Å². The summed E-state index contributed by atoms with van der Waals surface area (Å²) in [7, 11) is -8.72. The summed E-state index contributed by atoms with van der Waals surface area (Å²) in [5, 5.41) is 0. The second-order valence-electron chi connectivity index (χ2n) is 3.84. The molecule has 0 aromatic heterocycles. The van der Waals surface area contributed by atoms with Gasteiger partial charge in [-0.1, -0.05) is 24.3 Å². The van der Waals surface area contributed by atoms with Gasteiger partial charge >= 0.3 is 19.5 Å². The molecule has 0 radical (unpaired) electrons. The first-order valence-corrected chi connectivity index (χ1v) is 9.22. The molecule has 0 aliphatic heterocycles. The zero-order valence-corrected chi connectivity index (χ0v) is 17.9. The first kappa shape index (κ1) is 22.6. The van der Waals surface area contributed by atoms with Crippen LogP contribution in [-0.4, -0.2) is 25.9 Å². The van der Waals surface area contributed by atoms with Crippen molar-refractivity contribution in [1.29, 1.82) is 0 Å². The van der Waals surface area contributed by atoms with E-state index in [1.54, 1.807) is 12.1 Å². The molecule has 0 bridgehead atoms. The van der Waals surface area contributed by atoms with Gasteiger partial charge in [-0.2, -0.15) is 0 Å². The van der Waals surface area contributed by atoms with E-state index < -0.39 is 20.2 Å². The van der Waals surface area contributed by atoms with Gasteiger partial charge in [-0.3, -0.25) is 0 Å². The predicted molar refractivity (Wildman–Crippen MR) is 83.3 cm³/mol. The molecular weight excluding hydrogens is 434 g/mol. The van der Waals surface area contributed by atoms with Crippen LogP contribution in [0.3, 0.4) is 0 Å². The summed E-state index contributed by atoms with van der Waals surface area (Å²) >= 11 is 7.62. The molecule has 0 atom stereocenters. The van der Waals surface area contributed by atoms with E-state index >= 15 is 0 Å². The van der Waals surface area contributed by atoms with Crippen LogP contribution in [0.15, 0.2) is 68.1 Å². The second-order valence-corrected chi connectivity index (χ2v) is 7.50. The van der Waals surface area contributed by atoms with Gasteiger partial charge in [0, 0.05) is 9.79 Å². The second kappa shape index (κ2) is 9.17. The summed E-state index contributed by atoms with van der Waals surface area (Å²) in [5.41, 5.74) is 0. The van der Waals surface area contributed by atoms with Gasteiger partial charge < -0.3 is 9.11 Å². The molecule has 2 aromatic rings. The molecule has 2 rings (SSSR count). The standard InChI is InChI=1S/2C6H6O3S2.Zn/c2*7-11(8,9)6-4-2-1-3-5(6)10;/h2*1-4,10H,(H,7,8,9);/q;;+2/p-2. The minimum atomic E-state index is -4.36. The zero-order chi connectivity index (χ0) is 17.0. The molecule has 2 aromatic carbocycles. The van der Waals surface area contributed by atoms with E-state index in [4.69, 9.17) is 0 Å². The van der Waals surface area contributed by atoms with Gasteiger partial charge in [-0.25, -0.2) is 16.8 Å². The van der Waals surface area contributed by atoms with E-state index in [1.807, 2.05) is 0 Å². The average molecular weight is 444 g/mol. The normalized spacial score (nSPS) is 11.0. The Morgan fingerprint density at radius 2 is 0.913 bits per heavy atom. The number of hydrogen-bond acceptors (Lipinski definition) is 8. The Kier molecular flexibility index (Phi) is 9.00. The largest absolute Gasteiger partial charge is 2.00 e. The SMILES string of the molecule is O=S(=O)([O-])c1ccccc1S.O=S(=O)([O-])c1ccccc1S.[Zn+2]. The maximum atomic E-state index is 10.4. The molecule has 0 amide bonds. The third-order valence-corrected chi connectivity index (χ3v) is 5.14. The van der Waals surface area contributed by atoms with Crippen LogP contribution in [0.2, 0.25) is 0 Å². The van der Waals surface area contributed by atoms with Crippen molar-refractivity contribution in [2.75, 3.05) is 0 Å². The zero-order valence-electron chi connectivity index (χ0n) is 11.5. The third kappa shape index (κ3) is 7.34.